The van der Waals surface area contributed by atoms with Crippen LogP contribution in [-0.2, 0) is 4.74 Å². The predicted molar refractivity (Wildman–Crippen MR) is 70.4 cm³/mol. The molecule has 2 unspecified atom stereocenters. The van der Waals surface area contributed by atoms with Gasteiger partial charge in [-0.05, 0) is 19.1 Å². The molecule has 6 heteroatoms. The summed E-state index contributed by atoms with van der Waals surface area (Å²) in [6.07, 6.45) is -0.128. The van der Waals surface area contributed by atoms with Crippen LogP contribution in [0.15, 0.2) is 18.2 Å². The molecule has 0 N–H and O–H groups in total. The first-order chi connectivity index (χ1) is 9.04. The summed E-state index contributed by atoms with van der Waals surface area (Å²) in [6, 6.07) is 3.46. The third-order valence-corrected chi connectivity index (χ3v) is 3.84. The minimum atomic E-state index is -1.10. The lowest BCUT2D eigenvalue weighted by atomic mass is 10.1. The summed E-state index contributed by atoms with van der Waals surface area (Å²) in [5.41, 5.74) is -0.234. The van der Waals surface area contributed by atoms with E-state index in [1.165, 1.54) is 17.0 Å². The molecule has 0 bridgehead atoms. The quantitative estimate of drug-likeness (QED) is 0.778. The van der Waals surface area contributed by atoms with Crippen molar-refractivity contribution in [2.45, 2.75) is 19.1 Å². The number of nitrogens with zero attached hydrogens (tertiary/aromatic N) is 1. The Balaban J connectivity index is 2.24. The smallest absolute Gasteiger partial charge is 0.257 e. The van der Waals surface area contributed by atoms with Crippen LogP contribution in [0.4, 0.5) is 8.78 Å². The number of carbonyl (C=O) groups excluding carboxylic acids is 1. The molecule has 1 aliphatic heterocycles. The van der Waals surface area contributed by atoms with Crippen molar-refractivity contribution >= 4 is 21.8 Å². The molecule has 104 valence electrons. The summed E-state index contributed by atoms with van der Waals surface area (Å²) in [7, 11) is 0. The van der Waals surface area contributed by atoms with Crippen LogP contribution in [0.1, 0.15) is 17.3 Å². The lowest BCUT2D eigenvalue weighted by molar-refractivity contribution is -0.0363. The largest absolute Gasteiger partial charge is 0.373 e. The van der Waals surface area contributed by atoms with Crippen molar-refractivity contribution in [2.24, 2.45) is 0 Å². The molecule has 1 aromatic carbocycles. The van der Waals surface area contributed by atoms with Crippen molar-refractivity contribution in [3.8, 4) is 0 Å². The minimum absolute atomic E-state index is 0.128. The van der Waals surface area contributed by atoms with Gasteiger partial charge in [-0.3, -0.25) is 4.79 Å². The summed E-state index contributed by atoms with van der Waals surface area (Å²) < 4.78 is 32.3. The Hall–Kier alpha value is -1.01. The zero-order chi connectivity index (χ0) is 14.0. The average molecular weight is 334 g/mol. The standard InChI is InChI=1S/C13H14BrF2NO2/c1-8-7-19-9(5-14)6-17(8)13(18)10-3-2-4-11(15)12(10)16/h2-4,8-9H,5-7H2,1H3. The van der Waals surface area contributed by atoms with E-state index in [1.54, 1.807) is 0 Å². The summed E-state index contributed by atoms with van der Waals surface area (Å²) in [5.74, 6) is -2.61. The number of carbonyl (C=O) groups is 1. The number of benzene rings is 1. The molecule has 1 amide bonds. The Labute approximate surface area is 118 Å². The molecule has 3 nitrogen and oxygen atoms in total. The van der Waals surface area contributed by atoms with Crippen LogP contribution in [0.2, 0.25) is 0 Å². The molecule has 0 saturated carbocycles. The highest BCUT2D eigenvalue weighted by atomic mass is 79.9. The van der Waals surface area contributed by atoms with Crippen molar-refractivity contribution in [1.82, 2.24) is 4.90 Å². The summed E-state index contributed by atoms with van der Waals surface area (Å²) >= 11 is 3.29. The highest BCUT2D eigenvalue weighted by Crippen LogP contribution is 2.19. The van der Waals surface area contributed by atoms with E-state index in [2.05, 4.69) is 15.9 Å². The van der Waals surface area contributed by atoms with Crippen molar-refractivity contribution in [1.29, 1.82) is 0 Å². The van der Waals surface area contributed by atoms with Crippen LogP contribution in [0.5, 0.6) is 0 Å². The van der Waals surface area contributed by atoms with E-state index in [4.69, 9.17) is 4.74 Å². The number of hydrogen-bond acceptors (Lipinski definition) is 2. The fraction of sp³-hybridized carbons (Fsp3) is 0.462. The maximum absolute atomic E-state index is 13.7. The molecule has 1 aliphatic rings. The van der Waals surface area contributed by atoms with Gasteiger partial charge in [-0.2, -0.15) is 0 Å². The zero-order valence-electron chi connectivity index (χ0n) is 10.4. The summed E-state index contributed by atoms with van der Waals surface area (Å²) in [4.78, 5) is 13.8. The predicted octanol–water partition coefficient (Wildman–Crippen LogP) is 2.59. The lowest BCUT2D eigenvalue weighted by Gasteiger charge is -2.37. The van der Waals surface area contributed by atoms with E-state index < -0.39 is 17.5 Å². The Bertz CT molecular complexity index is 484. The van der Waals surface area contributed by atoms with Gasteiger partial charge >= 0.3 is 0 Å². The van der Waals surface area contributed by atoms with Gasteiger partial charge in [-0.1, -0.05) is 22.0 Å². The Kier molecular flexibility index (Phi) is 4.52. The topological polar surface area (TPSA) is 29.5 Å². The third kappa shape index (κ3) is 2.95. The maximum Gasteiger partial charge on any atom is 0.257 e. The fourth-order valence-corrected chi connectivity index (χ4v) is 2.41. The van der Waals surface area contributed by atoms with Crippen LogP contribution < -0.4 is 0 Å². The van der Waals surface area contributed by atoms with Crippen LogP contribution in [0, 0.1) is 11.6 Å². The Morgan fingerprint density at radius 1 is 1.53 bits per heavy atom. The van der Waals surface area contributed by atoms with E-state index in [1.807, 2.05) is 6.92 Å². The maximum atomic E-state index is 13.7. The molecule has 0 spiro atoms. The molecule has 2 atom stereocenters. The molecule has 2 rings (SSSR count). The van der Waals surface area contributed by atoms with Gasteiger partial charge in [0.05, 0.1) is 24.3 Å². The molecular formula is C13H14BrF2NO2. The van der Waals surface area contributed by atoms with E-state index in [9.17, 15) is 13.6 Å². The Morgan fingerprint density at radius 3 is 2.95 bits per heavy atom. The number of hydrogen-bond donors (Lipinski definition) is 0. The van der Waals surface area contributed by atoms with E-state index in [0.717, 1.165) is 6.07 Å². The first-order valence-corrected chi connectivity index (χ1v) is 7.09. The molecule has 0 aliphatic carbocycles. The second-order valence-electron chi connectivity index (χ2n) is 4.52. The number of amides is 1. The van der Waals surface area contributed by atoms with Gasteiger partial charge in [0.15, 0.2) is 11.6 Å². The Morgan fingerprint density at radius 2 is 2.26 bits per heavy atom. The van der Waals surface area contributed by atoms with Gasteiger partial charge in [0.1, 0.15) is 0 Å². The van der Waals surface area contributed by atoms with E-state index >= 15 is 0 Å². The molecule has 1 fully saturated rings. The molecule has 1 saturated heterocycles. The van der Waals surface area contributed by atoms with Gasteiger partial charge in [-0.15, -0.1) is 0 Å². The van der Waals surface area contributed by atoms with Crippen LogP contribution in [-0.4, -0.2) is 41.4 Å². The second kappa shape index (κ2) is 5.96. The average Bonchev–Trinajstić information content (AvgIpc) is 2.42. The van der Waals surface area contributed by atoms with Gasteiger partial charge < -0.3 is 9.64 Å². The SMILES string of the molecule is CC1COC(CBr)CN1C(=O)c1cccc(F)c1F. The van der Waals surface area contributed by atoms with Gasteiger partial charge in [0, 0.05) is 11.9 Å². The minimum Gasteiger partial charge on any atom is -0.373 e. The molecular weight excluding hydrogens is 320 g/mol. The number of rotatable bonds is 2. The third-order valence-electron chi connectivity index (χ3n) is 3.12. The summed E-state index contributed by atoms with van der Waals surface area (Å²) in [6.45, 7) is 2.57. The van der Waals surface area contributed by atoms with E-state index in [0.29, 0.717) is 18.5 Å². The second-order valence-corrected chi connectivity index (χ2v) is 5.17. The van der Waals surface area contributed by atoms with Gasteiger partial charge in [0.25, 0.3) is 5.91 Å². The fourth-order valence-electron chi connectivity index (χ4n) is 2.02. The van der Waals surface area contributed by atoms with Crippen molar-refractivity contribution < 1.29 is 18.3 Å². The number of halogens is 3. The van der Waals surface area contributed by atoms with Gasteiger partial charge in [0.2, 0.25) is 0 Å². The zero-order valence-corrected chi connectivity index (χ0v) is 12.0. The van der Waals surface area contributed by atoms with Gasteiger partial charge in [-0.25, -0.2) is 8.78 Å². The van der Waals surface area contributed by atoms with Crippen molar-refractivity contribution in [3.63, 3.8) is 0 Å². The molecule has 1 aromatic rings. The van der Waals surface area contributed by atoms with Crippen LogP contribution in [0.25, 0.3) is 0 Å². The normalized spacial score (nSPS) is 23.5. The van der Waals surface area contributed by atoms with Crippen LogP contribution in [0.3, 0.4) is 0 Å². The monoisotopic (exact) mass is 333 g/mol. The number of morpholine rings is 1. The van der Waals surface area contributed by atoms with E-state index in [-0.39, 0.29) is 17.7 Å². The molecule has 1 heterocycles. The molecule has 0 radical (unpaired) electrons. The summed E-state index contributed by atoms with van der Waals surface area (Å²) in [5, 5.41) is 0.592. The first kappa shape index (κ1) is 14.4. The highest BCUT2D eigenvalue weighted by Gasteiger charge is 2.31. The number of ether oxygens (including phenoxy) is 1. The first-order valence-electron chi connectivity index (χ1n) is 5.97. The highest BCUT2D eigenvalue weighted by molar-refractivity contribution is 9.09. The van der Waals surface area contributed by atoms with Crippen molar-refractivity contribution in [3.05, 3.63) is 35.4 Å². The molecule has 19 heavy (non-hydrogen) atoms. The van der Waals surface area contributed by atoms with Crippen molar-refractivity contribution in [2.75, 3.05) is 18.5 Å². The number of alkyl halides is 1. The lowest BCUT2D eigenvalue weighted by Crippen LogP contribution is -2.51. The van der Waals surface area contributed by atoms with Crippen LogP contribution >= 0.6 is 15.9 Å². The molecule has 0 aromatic heterocycles.